The highest BCUT2D eigenvalue weighted by molar-refractivity contribution is 5.38. The predicted octanol–water partition coefficient (Wildman–Crippen LogP) is 3.10. The summed E-state index contributed by atoms with van der Waals surface area (Å²) >= 11 is 0. The maximum Gasteiger partial charge on any atom is 0.119 e. The van der Waals surface area contributed by atoms with Crippen LogP contribution in [-0.2, 0) is 0 Å². The molecular weight excluding hydrogens is 236 g/mol. The molecule has 0 aliphatic rings. The number of aromatic nitrogens is 1. The van der Waals surface area contributed by atoms with E-state index in [-0.39, 0.29) is 6.04 Å². The zero-order chi connectivity index (χ0) is 13.7. The van der Waals surface area contributed by atoms with Gasteiger partial charge in [0.25, 0.3) is 0 Å². The SMILES string of the molecule is CCNC(c1cccc(OC)c1)c1cnccc1C. The van der Waals surface area contributed by atoms with Crippen LogP contribution in [0.25, 0.3) is 0 Å². The summed E-state index contributed by atoms with van der Waals surface area (Å²) in [4.78, 5) is 4.25. The summed E-state index contributed by atoms with van der Waals surface area (Å²) in [7, 11) is 1.69. The van der Waals surface area contributed by atoms with Crippen LogP contribution in [-0.4, -0.2) is 18.6 Å². The summed E-state index contributed by atoms with van der Waals surface area (Å²) in [6.45, 7) is 5.12. The molecule has 0 spiro atoms. The molecule has 2 aromatic rings. The Hall–Kier alpha value is -1.87. The van der Waals surface area contributed by atoms with Gasteiger partial charge in [-0.15, -0.1) is 0 Å². The number of nitrogens with one attached hydrogen (secondary N) is 1. The number of methoxy groups -OCH3 is 1. The number of aryl methyl sites for hydroxylation is 1. The average molecular weight is 256 g/mol. The number of benzene rings is 1. The van der Waals surface area contributed by atoms with Gasteiger partial charge < -0.3 is 10.1 Å². The lowest BCUT2D eigenvalue weighted by molar-refractivity contribution is 0.413. The number of hydrogen-bond acceptors (Lipinski definition) is 3. The molecule has 2 rings (SSSR count). The number of hydrogen-bond donors (Lipinski definition) is 1. The number of ether oxygens (including phenoxy) is 1. The van der Waals surface area contributed by atoms with Gasteiger partial charge in [0.05, 0.1) is 13.2 Å². The van der Waals surface area contributed by atoms with Crippen molar-refractivity contribution in [2.45, 2.75) is 19.9 Å². The fourth-order valence-electron chi connectivity index (χ4n) is 2.21. The second kappa shape index (κ2) is 6.34. The second-order valence-electron chi connectivity index (χ2n) is 4.50. The van der Waals surface area contributed by atoms with Crippen LogP contribution in [0.3, 0.4) is 0 Å². The van der Waals surface area contributed by atoms with Crippen molar-refractivity contribution >= 4 is 0 Å². The predicted molar refractivity (Wildman–Crippen MR) is 77.5 cm³/mol. The van der Waals surface area contributed by atoms with Crippen LogP contribution in [0.15, 0.2) is 42.7 Å². The Morgan fingerprint density at radius 2 is 2.16 bits per heavy atom. The fourth-order valence-corrected chi connectivity index (χ4v) is 2.21. The second-order valence-corrected chi connectivity index (χ2v) is 4.50. The normalized spacial score (nSPS) is 12.2. The van der Waals surface area contributed by atoms with Crippen molar-refractivity contribution in [3.8, 4) is 5.75 Å². The van der Waals surface area contributed by atoms with E-state index in [1.807, 2.05) is 30.6 Å². The Morgan fingerprint density at radius 1 is 1.32 bits per heavy atom. The number of rotatable bonds is 5. The average Bonchev–Trinajstić information content (AvgIpc) is 2.46. The maximum atomic E-state index is 5.31. The van der Waals surface area contributed by atoms with Crippen LogP contribution in [0.2, 0.25) is 0 Å². The van der Waals surface area contributed by atoms with Crippen molar-refractivity contribution in [3.63, 3.8) is 0 Å². The molecule has 0 amide bonds. The molecule has 0 aliphatic heterocycles. The van der Waals surface area contributed by atoms with Gasteiger partial charge in [0.15, 0.2) is 0 Å². The number of nitrogens with zero attached hydrogens (tertiary/aromatic N) is 1. The van der Waals surface area contributed by atoms with Gasteiger partial charge in [-0.2, -0.15) is 0 Å². The monoisotopic (exact) mass is 256 g/mol. The highest BCUT2D eigenvalue weighted by Crippen LogP contribution is 2.26. The van der Waals surface area contributed by atoms with E-state index >= 15 is 0 Å². The highest BCUT2D eigenvalue weighted by atomic mass is 16.5. The molecular formula is C16H20N2O. The van der Waals surface area contributed by atoms with Crippen LogP contribution in [0, 0.1) is 6.92 Å². The molecule has 0 fully saturated rings. The van der Waals surface area contributed by atoms with Gasteiger partial charge in [0, 0.05) is 12.4 Å². The van der Waals surface area contributed by atoms with Crippen LogP contribution in [0.4, 0.5) is 0 Å². The Morgan fingerprint density at radius 3 is 2.84 bits per heavy atom. The van der Waals surface area contributed by atoms with E-state index in [0.717, 1.165) is 12.3 Å². The van der Waals surface area contributed by atoms with E-state index in [4.69, 9.17) is 4.74 Å². The van der Waals surface area contributed by atoms with Crippen molar-refractivity contribution in [2.75, 3.05) is 13.7 Å². The third kappa shape index (κ3) is 3.12. The van der Waals surface area contributed by atoms with Crippen LogP contribution >= 0.6 is 0 Å². The van der Waals surface area contributed by atoms with E-state index in [0.29, 0.717) is 0 Å². The van der Waals surface area contributed by atoms with E-state index in [2.05, 4.69) is 36.3 Å². The van der Waals surface area contributed by atoms with Crippen molar-refractivity contribution in [3.05, 3.63) is 59.4 Å². The summed E-state index contributed by atoms with van der Waals surface area (Å²) in [5, 5.41) is 3.51. The van der Waals surface area contributed by atoms with Gasteiger partial charge in [-0.3, -0.25) is 4.98 Å². The number of pyridine rings is 1. The van der Waals surface area contributed by atoms with Crippen LogP contribution in [0.5, 0.6) is 5.75 Å². The lowest BCUT2D eigenvalue weighted by Crippen LogP contribution is -2.23. The lowest BCUT2D eigenvalue weighted by Gasteiger charge is -2.21. The minimum absolute atomic E-state index is 0.147. The zero-order valence-corrected chi connectivity index (χ0v) is 11.7. The molecule has 1 unspecified atom stereocenters. The third-order valence-corrected chi connectivity index (χ3v) is 3.23. The Balaban J connectivity index is 2.42. The van der Waals surface area contributed by atoms with Gasteiger partial charge >= 0.3 is 0 Å². The third-order valence-electron chi connectivity index (χ3n) is 3.23. The summed E-state index contributed by atoms with van der Waals surface area (Å²) in [5.41, 5.74) is 3.64. The minimum atomic E-state index is 0.147. The van der Waals surface area contributed by atoms with Crippen LogP contribution in [0.1, 0.15) is 29.7 Å². The summed E-state index contributed by atoms with van der Waals surface area (Å²) < 4.78 is 5.31. The van der Waals surface area contributed by atoms with Crippen molar-refractivity contribution < 1.29 is 4.74 Å². The van der Waals surface area contributed by atoms with E-state index in [9.17, 15) is 0 Å². The molecule has 3 heteroatoms. The summed E-state index contributed by atoms with van der Waals surface area (Å²) in [6, 6.07) is 10.4. The Bertz CT molecular complexity index is 540. The topological polar surface area (TPSA) is 34.1 Å². The first-order valence-electron chi connectivity index (χ1n) is 6.54. The molecule has 0 aliphatic carbocycles. The van der Waals surface area contributed by atoms with E-state index in [1.54, 1.807) is 7.11 Å². The largest absolute Gasteiger partial charge is 0.497 e. The molecule has 19 heavy (non-hydrogen) atoms. The van der Waals surface area contributed by atoms with Crippen molar-refractivity contribution in [1.29, 1.82) is 0 Å². The molecule has 0 saturated heterocycles. The van der Waals surface area contributed by atoms with Crippen molar-refractivity contribution in [1.82, 2.24) is 10.3 Å². The molecule has 100 valence electrons. The lowest BCUT2D eigenvalue weighted by atomic mass is 9.96. The smallest absolute Gasteiger partial charge is 0.119 e. The zero-order valence-electron chi connectivity index (χ0n) is 11.7. The maximum absolute atomic E-state index is 5.31. The molecule has 1 aromatic heterocycles. The molecule has 0 radical (unpaired) electrons. The standard InChI is InChI=1S/C16H20N2O/c1-4-18-16(15-11-17-9-8-12(15)2)13-6-5-7-14(10-13)19-3/h5-11,16,18H,4H2,1-3H3. The quantitative estimate of drug-likeness (QED) is 0.892. The molecule has 1 atom stereocenters. The molecule has 0 saturated carbocycles. The van der Waals surface area contributed by atoms with E-state index in [1.165, 1.54) is 16.7 Å². The fraction of sp³-hybridized carbons (Fsp3) is 0.312. The first kappa shape index (κ1) is 13.6. The highest BCUT2D eigenvalue weighted by Gasteiger charge is 2.15. The Labute approximate surface area is 114 Å². The molecule has 3 nitrogen and oxygen atoms in total. The summed E-state index contributed by atoms with van der Waals surface area (Å²) in [5.74, 6) is 0.877. The first-order chi connectivity index (χ1) is 9.26. The summed E-state index contributed by atoms with van der Waals surface area (Å²) in [6.07, 6.45) is 3.76. The van der Waals surface area contributed by atoms with E-state index < -0.39 is 0 Å². The van der Waals surface area contributed by atoms with Gasteiger partial charge in [-0.1, -0.05) is 19.1 Å². The van der Waals surface area contributed by atoms with Crippen molar-refractivity contribution in [2.24, 2.45) is 0 Å². The van der Waals surface area contributed by atoms with Crippen LogP contribution < -0.4 is 10.1 Å². The molecule has 1 heterocycles. The molecule has 1 aromatic carbocycles. The molecule has 1 N–H and O–H groups in total. The Kier molecular flexibility index (Phi) is 4.53. The van der Waals surface area contributed by atoms with Gasteiger partial charge in [0.2, 0.25) is 0 Å². The minimum Gasteiger partial charge on any atom is -0.497 e. The molecule has 0 bridgehead atoms. The van der Waals surface area contributed by atoms with Gasteiger partial charge in [-0.25, -0.2) is 0 Å². The van der Waals surface area contributed by atoms with Gasteiger partial charge in [0.1, 0.15) is 5.75 Å². The first-order valence-corrected chi connectivity index (χ1v) is 6.54. The van der Waals surface area contributed by atoms with Gasteiger partial charge in [-0.05, 0) is 48.4 Å².